The van der Waals surface area contributed by atoms with Crippen LogP contribution in [0.25, 0.3) is 0 Å². The van der Waals surface area contributed by atoms with Gasteiger partial charge in [-0.2, -0.15) is 0 Å². The quantitative estimate of drug-likeness (QED) is 0.667. The maximum atomic E-state index is 5.75. The molecule has 0 spiro atoms. The minimum Gasteiger partial charge on any atom is -0.490 e. The van der Waals surface area contributed by atoms with E-state index in [0.717, 1.165) is 40.2 Å². The fraction of sp³-hybridized carbons (Fsp3) is 0.250. The molecule has 21 heavy (non-hydrogen) atoms. The van der Waals surface area contributed by atoms with Crippen LogP contribution in [0.1, 0.15) is 12.0 Å². The molecule has 0 aliphatic carbocycles. The number of hydrogen-bond acceptors (Lipinski definition) is 3. The van der Waals surface area contributed by atoms with Gasteiger partial charge in [0.25, 0.3) is 0 Å². The van der Waals surface area contributed by atoms with E-state index >= 15 is 0 Å². The molecule has 3 rings (SSSR count). The van der Waals surface area contributed by atoms with E-state index in [2.05, 4.69) is 74.2 Å². The van der Waals surface area contributed by atoms with Crippen LogP contribution in [-0.4, -0.2) is 13.2 Å². The van der Waals surface area contributed by atoms with E-state index < -0.39 is 0 Å². The molecule has 3 nitrogen and oxygen atoms in total. The summed E-state index contributed by atoms with van der Waals surface area (Å²) in [6, 6.07) is 12.5. The minimum atomic E-state index is 0.700. The van der Waals surface area contributed by atoms with Crippen LogP contribution in [0.4, 0.5) is 5.69 Å². The topological polar surface area (TPSA) is 30.5 Å². The number of anilines is 1. The molecule has 0 radical (unpaired) electrons. The fourth-order valence-corrected chi connectivity index (χ4v) is 3.12. The normalized spacial score (nSPS) is 13.6. The zero-order valence-electron chi connectivity index (χ0n) is 11.4. The highest BCUT2D eigenvalue weighted by atomic mass is 127. The van der Waals surface area contributed by atoms with Crippen LogP contribution < -0.4 is 14.8 Å². The number of benzene rings is 2. The number of rotatable bonds is 3. The summed E-state index contributed by atoms with van der Waals surface area (Å²) in [7, 11) is 0. The first-order valence-electron chi connectivity index (χ1n) is 6.80. The van der Waals surface area contributed by atoms with Crippen molar-refractivity contribution in [2.45, 2.75) is 13.0 Å². The van der Waals surface area contributed by atoms with E-state index in [0.29, 0.717) is 13.2 Å². The first-order valence-corrected chi connectivity index (χ1v) is 8.67. The average Bonchev–Trinajstić information content (AvgIpc) is 2.72. The lowest BCUT2D eigenvalue weighted by molar-refractivity contribution is 0.296. The van der Waals surface area contributed by atoms with Gasteiger partial charge in [-0.25, -0.2) is 0 Å². The molecule has 0 unspecified atom stereocenters. The lowest BCUT2D eigenvalue weighted by Gasteiger charge is -2.13. The Bertz CT molecular complexity index is 631. The van der Waals surface area contributed by atoms with Crippen molar-refractivity contribution in [2.24, 2.45) is 0 Å². The van der Waals surface area contributed by atoms with Crippen molar-refractivity contribution in [3.05, 3.63) is 50.0 Å². The zero-order valence-corrected chi connectivity index (χ0v) is 15.1. The van der Waals surface area contributed by atoms with E-state index in [1.807, 2.05) is 6.07 Å². The van der Waals surface area contributed by atoms with E-state index in [1.54, 1.807) is 0 Å². The number of halogens is 2. The van der Waals surface area contributed by atoms with Gasteiger partial charge in [0.2, 0.25) is 0 Å². The Morgan fingerprint density at radius 3 is 2.67 bits per heavy atom. The summed E-state index contributed by atoms with van der Waals surface area (Å²) in [4.78, 5) is 0. The molecular formula is C16H15BrINO2. The molecule has 0 saturated carbocycles. The Labute approximate surface area is 146 Å². The molecule has 0 bridgehead atoms. The summed E-state index contributed by atoms with van der Waals surface area (Å²) in [5, 5.41) is 3.42. The van der Waals surface area contributed by atoms with Crippen molar-refractivity contribution >= 4 is 44.2 Å². The summed E-state index contributed by atoms with van der Waals surface area (Å²) in [5.74, 6) is 1.63. The standard InChI is InChI=1S/C16H15BrINO2/c17-14-8-11(9-15-16(14)21-7-1-6-20-15)10-19-13-4-2-12(18)3-5-13/h2-5,8-9,19H,1,6-7,10H2. The van der Waals surface area contributed by atoms with E-state index in [1.165, 1.54) is 3.57 Å². The van der Waals surface area contributed by atoms with Crippen molar-refractivity contribution in [1.29, 1.82) is 0 Å². The molecule has 110 valence electrons. The molecule has 1 aliphatic rings. The Hall–Kier alpha value is -0.950. The maximum absolute atomic E-state index is 5.75. The van der Waals surface area contributed by atoms with Crippen molar-refractivity contribution in [3.63, 3.8) is 0 Å². The third-order valence-corrected chi connectivity index (χ3v) is 4.51. The van der Waals surface area contributed by atoms with Crippen LogP contribution in [0.3, 0.4) is 0 Å². The fourth-order valence-electron chi connectivity index (χ4n) is 2.16. The molecule has 2 aromatic rings. The maximum Gasteiger partial charge on any atom is 0.175 e. The van der Waals surface area contributed by atoms with Gasteiger partial charge in [-0.3, -0.25) is 0 Å². The molecule has 0 aromatic heterocycles. The molecule has 0 fully saturated rings. The van der Waals surface area contributed by atoms with Gasteiger partial charge in [-0.05, 0) is 80.5 Å². The zero-order chi connectivity index (χ0) is 14.7. The summed E-state index contributed by atoms with van der Waals surface area (Å²) < 4.78 is 13.6. The van der Waals surface area contributed by atoms with Crippen molar-refractivity contribution in [2.75, 3.05) is 18.5 Å². The van der Waals surface area contributed by atoms with Crippen LogP contribution >= 0.6 is 38.5 Å². The van der Waals surface area contributed by atoms with Crippen molar-refractivity contribution in [3.8, 4) is 11.5 Å². The monoisotopic (exact) mass is 459 g/mol. The molecular weight excluding hydrogens is 445 g/mol. The highest BCUT2D eigenvalue weighted by Gasteiger charge is 2.15. The predicted octanol–water partition coefficient (Wildman–Crippen LogP) is 4.83. The number of nitrogens with one attached hydrogen (secondary N) is 1. The Morgan fingerprint density at radius 2 is 1.86 bits per heavy atom. The number of hydrogen-bond donors (Lipinski definition) is 1. The molecule has 5 heteroatoms. The third kappa shape index (κ3) is 3.83. The third-order valence-electron chi connectivity index (χ3n) is 3.20. The molecule has 0 atom stereocenters. The van der Waals surface area contributed by atoms with Gasteiger partial charge in [0.05, 0.1) is 17.7 Å². The summed E-state index contributed by atoms with van der Waals surface area (Å²) in [5.41, 5.74) is 2.27. The first-order chi connectivity index (χ1) is 10.2. The smallest absolute Gasteiger partial charge is 0.175 e. The number of fused-ring (bicyclic) bond motifs is 1. The lowest BCUT2D eigenvalue weighted by atomic mass is 10.2. The molecule has 2 aromatic carbocycles. The van der Waals surface area contributed by atoms with E-state index in [9.17, 15) is 0 Å². The van der Waals surface area contributed by atoms with Gasteiger partial charge < -0.3 is 14.8 Å². The highest BCUT2D eigenvalue weighted by molar-refractivity contribution is 14.1. The molecule has 1 heterocycles. The Kier molecular flexibility index (Phi) is 4.90. The summed E-state index contributed by atoms with van der Waals surface area (Å²) >= 11 is 5.87. The van der Waals surface area contributed by atoms with E-state index in [-0.39, 0.29) is 0 Å². The van der Waals surface area contributed by atoms with Gasteiger partial charge in [-0.15, -0.1) is 0 Å². The largest absolute Gasteiger partial charge is 0.490 e. The van der Waals surface area contributed by atoms with Gasteiger partial charge in [0, 0.05) is 22.2 Å². The van der Waals surface area contributed by atoms with Crippen molar-refractivity contribution < 1.29 is 9.47 Å². The Morgan fingerprint density at radius 1 is 1.10 bits per heavy atom. The minimum absolute atomic E-state index is 0.700. The molecule has 1 aliphatic heterocycles. The van der Waals surface area contributed by atoms with Gasteiger partial charge in [0.1, 0.15) is 0 Å². The van der Waals surface area contributed by atoms with Crippen molar-refractivity contribution in [1.82, 2.24) is 0 Å². The highest BCUT2D eigenvalue weighted by Crippen LogP contribution is 2.38. The van der Waals surface area contributed by atoms with Gasteiger partial charge in [0.15, 0.2) is 11.5 Å². The Balaban J connectivity index is 1.75. The molecule has 0 amide bonds. The average molecular weight is 460 g/mol. The van der Waals surface area contributed by atoms with Gasteiger partial charge >= 0.3 is 0 Å². The number of ether oxygens (including phenoxy) is 2. The van der Waals surface area contributed by atoms with Crippen LogP contribution in [0.2, 0.25) is 0 Å². The molecule has 0 saturated heterocycles. The second-order valence-corrected chi connectivity index (χ2v) is 6.92. The predicted molar refractivity (Wildman–Crippen MR) is 96.2 cm³/mol. The molecule has 1 N–H and O–H groups in total. The van der Waals surface area contributed by atoms with Crippen LogP contribution in [0.15, 0.2) is 40.9 Å². The summed E-state index contributed by atoms with van der Waals surface area (Å²) in [6.07, 6.45) is 0.914. The second-order valence-electron chi connectivity index (χ2n) is 4.82. The van der Waals surface area contributed by atoms with Gasteiger partial charge in [-0.1, -0.05) is 0 Å². The SMILES string of the molecule is Brc1cc(CNc2ccc(I)cc2)cc2c1OCCCO2. The van der Waals surface area contributed by atoms with E-state index in [4.69, 9.17) is 9.47 Å². The second kappa shape index (κ2) is 6.87. The van der Waals surface area contributed by atoms with Crippen LogP contribution in [-0.2, 0) is 6.54 Å². The van der Waals surface area contributed by atoms with Crippen LogP contribution in [0.5, 0.6) is 11.5 Å². The first kappa shape index (κ1) is 15.0. The van der Waals surface area contributed by atoms with Crippen LogP contribution in [0, 0.1) is 3.57 Å². The summed E-state index contributed by atoms with van der Waals surface area (Å²) in [6.45, 7) is 2.15. The lowest BCUT2D eigenvalue weighted by Crippen LogP contribution is -2.01.